The summed E-state index contributed by atoms with van der Waals surface area (Å²) in [6.45, 7) is 8.59. The number of anilines is 1. The molecule has 3 aromatic carbocycles. The van der Waals surface area contributed by atoms with Crippen LogP contribution in [0.4, 0.5) is 5.69 Å². The van der Waals surface area contributed by atoms with E-state index in [9.17, 15) is 0 Å². The van der Waals surface area contributed by atoms with E-state index in [2.05, 4.69) is 84.7 Å². The Bertz CT molecular complexity index is 1110. The Hall–Kier alpha value is -3.18. The van der Waals surface area contributed by atoms with Crippen LogP contribution < -0.4 is 24.4 Å². The maximum atomic E-state index is 5.85. The highest BCUT2D eigenvalue weighted by Crippen LogP contribution is 2.40. The van der Waals surface area contributed by atoms with Crippen LogP contribution in [0.3, 0.4) is 0 Å². The van der Waals surface area contributed by atoms with Crippen LogP contribution in [0.15, 0.2) is 60.7 Å². The quantitative estimate of drug-likeness (QED) is 0.317. The largest absolute Gasteiger partial charge is 0.497 e. The van der Waals surface area contributed by atoms with Crippen molar-refractivity contribution >= 4 is 5.69 Å². The number of nitrogens with one attached hydrogen (secondary N) is 1. The molecule has 192 valence electrons. The minimum absolute atomic E-state index is 0.480. The summed E-state index contributed by atoms with van der Waals surface area (Å²) in [4.78, 5) is 2.46. The molecular weight excluding hydrogens is 448 g/mol. The maximum Gasteiger partial charge on any atom is 0.120 e. The predicted octanol–water partition coefficient (Wildman–Crippen LogP) is 5.99. The summed E-state index contributed by atoms with van der Waals surface area (Å²) in [5, 5.41) is 3.29. The Morgan fingerprint density at radius 1 is 0.861 bits per heavy atom. The van der Waals surface area contributed by atoms with Crippen LogP contribution in [0.5, 0.6) is 17.2 Å². The lowest BCUT2D eigenvalue weighted by atomic mass is 9.79. The minimum atomic E-state index is 0.480. The van der Waals surface area contributed by atoms with Crippen molar-refractivity contribution in [3.63, 3.8) is 0 Å². The Morgan fingerprint density at radius 3 is 2.31 bits per heavy atom. The van der Waals surface area contributed by atoms with E-state index in [1.54, 1.807) is 14.2 Å². The van der Waals surface area contributed by atoms with E-state index in [4.69, 9.17) is 14.2 Å². The number of benzene rings is 3. The molecule has 1 atom stereocenters. The first-order valence-corrected chi connectivity index (χ1v) is 13.2. The number of methoxy groups -OCH3 is 2. The number of rotatable bonds is 12. The van der Waals surface area contributed by atoms with Gasteiger partial charge in [-0.25, -0.2) is 0 Å². The van der Waals surface area contributed by atoms with E-state index in [0.29, 0.717) is 12.5 Å². The van der Waals surface area contributed by atoms with E-state index in [1.807, 2.05) is 0 Å². The Morgan fingerprint density at radius 2 is 1.58 bits per heavy atom. The molecule has 1 aliphatic rings. The molecule has 0 aliphatic heterocycles. The van der Waals surface area contributed by atoms with E-state index in [0.717, 1.165) is 62.7 Å². The Labute approximate surface area is 216 Å². The molecule has 0 aromatic heterocycles. The van der Waals surface area contributed by atoms with Crippen LogP contribution >= 0.6 is 0 Å². The minimum Gasteiger partial charge on any atom is -0.497 e. The molecule has 0 amide bonds. The van der Waals surface area contributed by atoms with Crippen LogP contribution in [0.1, 0.15) is 48.4 Å². The molecule has 4 rings (SSSR count). The second-order valence-electron chi connectivity index (χ2n) is 9.36. The average molecular weight is 489 g/mol. The maximum absolute atomic E-state index is 5.85. The molecule has 0 heterocycles. The molecule has 5 heteroatoms. The van der Waals surface area contributed by atoms with Crippen molar-refractivity contribution < 1.29 is 14.2 Å². The number of nitrogens with zero attached hydrogens (tertiary/aromatic N) is 1. The molecule has 1 aliphatic carbocycles. The van der Waals surface area contributed by atoms with Crippen molar-refractivity contribution in [3.05, 3.63) is 82.9 Å². The molecule has 0 radical (unpaired) electrons. The van der Waals surface area contributed by atoms with Crippen LogP contribution in [-0.2, 0) is 19.4 Å². The fourth-order valence-electron chi connectivity index (χ4n) is 5.09. The lowest BCUT2D eigenvalue weighted by Crippen LogP contribution is -2.25. The first-order valence-electron chi connectivity index (χ1n) is 13.2. The van der Waals surface area contributed by atoms with Crippen molar-refractivity contribution in [1.82, 2.24) is 5.32 Å². The second-order valence-corrected chi connectivity index (χ2v) is 9.36. The first-order chi connectivity index (χ1) is 17.6. The highest BCUT2D eigenvalue weighted by atomic mass is 16.5. The standard InChI is InChI=1S/C31H40N2O3/c1-5-32-17-18-36-27-12-7-23(8-13-27)22-33(6-2)31-21-29(35-4)15-16-30(31)26-10-9-25-20-28(34-3)14-11-24(25)19-26/h7-8,11-16,20-21,26,32H,5-6,9-10,17-19,22H2,1-4H3. The van der Waals surface area contributed by atoms with E-state index in [-0.39, 0.29) is 0 Å². The van der Waals surface area contributed by atoms with Crippen molar-refractivity contribution in [2.24, 2.45) is 0 Å². The van der Waals surface area contributed by atoms with Gasteiger partial charge in [0.2, 0.25) is 0 Å². The SMILES string of the molecule is CCNCCOc1ccc(CN(CC)c2cc(OC)ccc2C2CCc3cc(OC)ccc3C2)cc1. The molecule has 0 fully saturated rings. The number of hydrogen-bond acceptors (Lipinski definition) is 5. The summed E-state index contributed by atoms with van der Waals surface area (Å²) in [7, 11) is 3.48. The molecule has 0 saturated carbocycles. The highest BCUT2D eigenvalue weighted by Gasteiger charge is 2.25. The molecule has 0 bridgehead atoms. The zero-order valence-electron chi connectivity index (χ0n) is 22.2. The zero-order valence-corrected chi connectivity index (χ0v) is 22.2. The molecule has 36 heavy (non-hydrogen) atoms. The molecule has 1 N–H and O–H groups in total. The fourth-order valence-corrected chi connectivity index (χ4v) is 5.09. The molecule has 3 aromatic rings. The van der Waals surface area contributed by atoms with Gasteiger partial charge in [0.1, 0.15) is 23.9 Å². The lowest BCUT2D eigenvalue weighted by molar-refractivity contribution is 0.315. The topological polar surface area (TPSA) is 43.0 Å². The highest BCUT2D eigenvalue weighted by molar-refractivity contribution is 5.60. The van der Waals surface area contributed by atoms with Crippen LogP contribution in [-0.4, -0.2) is 40.5 Å². The van der Waals surface area contributed by atoms with Gasteiger partial charge in [-0.15, -0.1) is 0 Å². The Kier molecular flexibility index (Phi) is 9.12. The molecule has 0 spiro atoms. The lowest BCUT2D eigenvalue weighted by Gasteiger charge is -2.32. The fraction of sp³-hybridized carbons (Fsp3) is 0.419. The van der Waals surface area contributed by atoms with Gasteiger partial charge in [-0.3, -0.25) is 0 Å². The van der Waals surface area contributed by atoms with Crippen LogP contribution in [0, 0.1) is 0 Å². The molecule has 0 saturated heterocycles. The van der Waals surface area contributed by atoms with Gasteiger partial charge in [-0.1, -0.05) is 31.2 Å². The summed E-state index contributed by atoms with van der Waals surface area (Å²) in [6, 6.07) is 21.6. The van der Waals surface area contributed by atoms with Crippen molar-refractivity contribution in [1.29, 1.82) is 0 Å². The number of likely N-dealkylation sites (N-methyl/N-ethyl adjacent to an activating group) is 1. The third-order valence-electron chi connectivity index (χ3n) is 7.14. The van der Waals surface area contributed by atoms with Gasteiger partial charge in [-0.05, 0) is 91.2 Å². The zero-order chi connectivity index (χ0) is 25.3. The van der Waals surface area contributed by atoms with Crippen molar-refractivity contribution in [3.8, 4) is 17.2 Å². The van der Waals surface area contributed by atoms with Gasteiger partial charge < -0.3 is 24.4 Å². The summed E-state index contributed by atoms with van der Waals surface area (Å²) in [5.74, 6) is 3.24. The van der Waals surface area contributed by atoms with E-state index >= 15 is 0 Å². The van der Waals surface area contributed by atoms with E-state index < -0.39 is 0 Å². The van der Waals surface area contributed by atoms with Gasteiger partial charge >= 0.3 is 0 Å². The van der Waals surface area contributed by atoms with Crippen LogP contribution in [0.2, 0.25) is 0 Å². The average Bonchev–Trinajstić information content (AvgIpc) is 2.94. The van der Waals surface area contributed by atoms with Gasteiger partial charge in [-0.2, -0.15) is 0 Å². The molecule has 1 unspecified atom stereocenters. The van der Waals surface area contributed by atoms with E-state index in [1.165, 1.54) is 27.9 Å². The Balaban J connectivity index is 1.52. The van der Waals surface area contributed by atoms with Gasteiger partial charge in [0, 0.05) is 31.4 Å². The summed E-state index contributed by atoms with van der Waals surface area (Å²) in [5.41, 5.74) is 6.79. The second kappa shape index (κ2) is 12.7. The van der Waals surface area contributed by atoms with Crippen LogP contribution in [0.25, 0.3) is 0 Å². The monoisotopic (exact) mass is 488 g/mol. The number of aryl methyl sites for hydroxylation is 1. The van der Waals surface area contributed by atoms with Crippen molar-refractivity contribution in [2.75, 3.05) is 45.4 Å². The summed E-state index contributed by atoms with van der Waals surface area (Å²) < 4.78 is 16.9. The summed E-state index contributed by atoms with van der Waals surface area (Å²) >= 11 is 0. The van der Waals surface area contributed by atoms with Crippen molar-refractivity contribution in [2.45, 2.75) is 45.6 Å². The molecule has 5 nitrogen and oxygen atoms in total. The predicted molar refractivity (Wildman–Crippen MR) is 148 cm³/mol. The molecular formula is C31H40N2O3. The number of fused-ring (bicyclic) bond motifs is 1. The third-order valence-corrected chi connectivity index (χ3v) is 7.14. The van der Waals surface area contributed by atoms with Gasteiger partial charge in [0.25, 0.3) is 0 Å². The number of hydrogen-bond donors (Lipinski definition) is 1. The third kappa shape index (κ3) is 6.33. The number of ether oxygens (including phenoxy) is 3. The first kappa shape index (κ1) is 25.9. The smallest absolute Gasteiger partial charge is 0.120 e. The van der Waals surface area contributed by atoms with Gasteiger partial charge in [0.05, 0.1) is 14.2 Å². The summed E-state index contributed by atoms with van der Waals surface area (Å²) in [6.07, 6.45) is 3.26. The van der Waals surface area contributed by atoms with Gasteiger partial charge in [0.15, 0.2) is 0 Å². The normalized spacial score (nSPS) is 14.7.